The number of hydrogen-bond acceptors (Lipinski definition) is 8. The number of amides is 1. The summed E-state index contributed by atoms with van der Waals surface area (Å²) >= 11 is 0. The van der Waals surface area contributed by atoms with Gasteiger partial charge in [0.05, 0.1) is 11.1 Å². The Morgan fingerprint density at radius 3 is 2.61 bits per heavy atom. The zero-order valence-corrected chi connectivity index (χ0v) is 22.7. The summed E-state index contributed by atoms with van der Waals surface area (Å²) in [6.45, 7) is 7.10. The van der Waals surface area contributed by atoms with Gasteiger partial charge in [-0.05, 0) is 70.2 Å². The topological polar surface area (TPSA) is 140 Å². The number of amidine groups is 1. The Morgan fingerprint density at radius 1 is 1.21 bits per heavy atom. The van der Waals surface area contributed by atoms with Gasteiger partial charge in [0.15, 0.2) is 11.6 Å². The molecule has 38 heavy (non-hydrogen) atoms. The van der Waals surface area contributed by atoms with Crippen LogP contribution in [0.4, 0.5) is 16.2 Å². The molecule has 2 aromatic rings. The minimum absolute atomic E-state index is 0.0510. The molecule has 3 aliphatic rings. The minimum Gasteiger partial charge on any atom is -0.506 e. The van der Waals surface area contributed by atoms with E-state index in [2.05, 4.69) is 15.0 Å². The highest BCUT2D eigenvalue weighted by atomic mass is 32.3. The van der Waals surface area contributed by atoms with Crippen molar-refractivity contribution in [1.29, 1.82) is 0 Å². The lowest BCUT2D eigenvalue weighted by atomic mass is 9.67. The number of carbonyl (C=O) groups is 2. The van der Waals surface area contributed by atoms with E-state index in [0.717, 1.165) is 24.8 Å². The zero-order chi connectivity index (χ0) is 27.5. The third-order valence-corrected chi connectivity index (χ3v) is 8.49. The van der Waals surface area contributed by atoms with E-state index < -0.39 is 27.9 Å². The molecule has 0 aromatic heterocycles. The molecule has 1 heterocycles. The molecular weight excluding hydrogens is 506 g/mol. The van der Waals surface area contributed by atoms with Crippen LogP contribution in [0.25, 0.3) is 5.76 Å². The zero-order valence-electron chi connectivity index (χ0n) is 21.9. The maximum atomic E-state index is 14.0. The lowest BCUT2D eigenvalue weighted by Crippen LogP contribution is -2.42. The predicted octanol–water partition coefficient (Wildman–Crippen LogP) is 6.88. The number of nitrogens with one attached hydrogen (secondary N) is 2. The Balaban J connectivity index is 1.50. The van der Waals surface area contributed by atoms with Gasteiger partial charge in [-0.15, -0.1) is 4.40 Å². The van der Waals surface area contributed by atoms with E-state index in [0.29, 0.717) is 23.6 Å². The fourth-order valence-electron chi connectivity index (χ4n) is 4.96. The quantitative estimate of drug-likeness (QED) is 0.279. The number of aliphatic hydroxyl groups is 1. The Labute approximate surface area is 223 Å². The summed E-state index contributed by atoms with van der Waals surface area (Å²) in [6.07, 6.45) is 3.15. The van der Waals surface area contributed by atoms with E-state index in [1.807, 2.05) is 19.1 Å². The van der Waals surface area contributed by atoms with Crippen LogP contribution in [0.2, 0.25) is 0 Å². The first-order chi connectivity index (χ1) is 17.8. The van der Waals surface area contributed by atoms with Crippen molar-refractivity contribution < 1.29 is 28.5 Å². The Morgan fingerprint density at radius 2 is 1.92 bits per heavy atom. The largest absolute Gasteiger partial charge is 0.506 e. The molecular formula is C28H33N3O6S. The van der Waals surface area contributed by atoms with Crippen molar-refractivity contribution in [2.45, 2.75) is 69.3 Å². The monoisotopic (exact) mass is 539 g/mol. The van der Waals surface area contributed by atoms with Crippen LogP contribution >= 0.6 is 10.8 Å². The van der Waals surface area contributed by atoms with Gasteiger partial charge in [0.1, 0.15) is 21.8 Å². The van der Waals surface area contributed by atoms with Crippen molar-refractivity contribution >= 4 is 45.6 Å². The number of anilines is 2. The first-order valence-corrected chi connectivity index (χ1v) is 14.2. The molecule has 1 atom stereocenters. The Kier molecular flexibility index (Phi) is 6.32. The number of ether oxygens (including phenoxy) is 1. The van der Waals surface area contributed by atoms with Crippen LogP contribution < -0.4 is 10.6 Å². The van der Waals surface area contributed by atoms with Gasteiger partial charge in [-0.2, -0.15) is 0 Å². The Bertz CT molecular complexity index is 1390. The molecule has 0 radical (unpaired) electrons. The number of nitrogens with zero attached hydrogens (tertiary/aromatic N) is 1. The number of carbonyl (C=O) groups excluding carboxylic acids is 2. The van der Waals surface area contributed by atoms with Gasteiger partial charge >= 0.3 is 6.09 Å². The Hall–Kier alpha value is -3.34. The molecule has 10 heteroatoms. The number of ketones is 1. The van der Waals surface area contributed by atoms with Crippen molar-refractivity contribution in [1.82, 2.24) is 0 Å². The van der Waals surface area contributed by atoms with Crippen LogP contribution in [0.1, 0.15) is 64.5 Å². The maximum absolute atomic E-state index is 14.0. The molecule has 2 aromatic carbocycles. The van der Waals surface area contributed by atoms with Crippen LogP contribution in [0.15, 0.2) is 57.3 Å². The standard InChI is InChI=1S/C28H33N3O6S/c1-27(2,3)37-26(34)29-17-11-12-20-21(15-17)38(35,36)31-25(30-20)22-23(32)18-7-5-6-8-19(18)28(4,24(22)33)14-13-16-9-10-16/h5-8,11-12,15-16,32,35-36H,9-10,13-14H2,1-4H3,(H,29,34)(H,30,31). The van der Waals surface area contributed by atoms with E-state index in [1.165, 1.54) is 6.07 Å². The van der Waals surface area contributed by atoms with E-state index in [4.69, 9.17) is 4.74 Å². The van der Waals surface area contributed by atoms with Gasteiger partial charge in [0, 0.05) is 11.3 Å². The normalized spacial score (nSPS) is 23.0. The molecule has 1 aliphatic heterocycles. The number of fused-ring (bicyclic) bond motifs is 2. The summed E-state index contributed by atoms with van der Waals surface area (Å²) in [5.74, 6) is -0.0488. The van der Waals surface area contributed by atoms with Gasteiger partial charge in [0.2, 0.25) is 0 Å². The molecule has 1 fully saturated rings. The molecule has 1 unspecified atom stereocenters. The predicted molar refractivity (Wildman–Crippen MR) is 149 cm³/mol. The molecule has 202 valence electrons. The van der Waals surface area contributed by atoms with Crippen LogP contribution in [0.3, 0.4) is 0 Å². The summed E-state index contributed by atoms with van der Waals surface area (Å²) < 4.78 is 31.4. The molecule has 5 N–H and O–H groups in total. The summed E-state index contributed by atoms with van der Waals surface area (Å²) in [7, 11) is -3.78. The highest BCUT2D eigenvalue weighted by molar-refractivity contribution is 8.23. The molecule has 1 saturated carbocycles. The fraction of sp³-hybridized carbons (Fsp3) is 0.393. The lowest BCUT2D eigenvalue weighted by molar-refractivity contribution is -0.120. The molecule has 9 nitrogen and oxygen atoms in total. The number of Topliss-reactive ketones (excluding diaryl/α,β-unsaturated/α-hetero) is 1. The molecule has 2 aliphatic carbocycles. The minimum atomic E-state index is -3.78. The fourth-order valence-corrected chi connectivity index (χ4v) is 6.15. The van der Waals surface area contributed by atoms with Crippen molar-refractivity contribution in [2.75, 3.05) is 10.6 Å². The van der Waals surface area contributed by atoms with E-state index in [-0.39, 0.29) is 33.5 Å². The smallest absolute Gasteiger partial charge is 0.412 e. The first-order valence-electron chi connectivity index (χ1n) is 12.7. The van der Waals surface area contributed by atoms with Gasteiger partial charge in [-0.1, -0.05) is 47.9 Å². The van der Waals surface area contributed by atoms with Gasteiger partial charge in [0.25, 0.3) is 0 Å². The van der Waals surface area contributed by atoms with Crippen LogP contribution in [-0.4, -0.2) is 37.5 Å². The number of benzene rings is 2. The molecule has 0 bridgehead atoms. The van der Waals surface area contributed by atoms with Gasteiger partial charge in [-0.3, -0.25) is 19.2 Å². The van der Waals surface area contributed by atoms with Crippen molar-refractivity contribution in [3.05, 3.63) is 59.2 Å². The SMILES string of the molecule is CC(C)(C)OC(=O)Nc1ccc2c(c1)S(O)(O)N=C(C1=C(O)c3ccccc3C(C)(CCC3CC3)C1=O)N2. The second-order valence-corrected chi connectivity index (χ2v) is 13.0. The number of aliphatic hydroxyl groups excluding tert-OH is 1. The van der Waals surface area contributed by atoms with E-state index >= 15 is 0 Å². The van der Waals surface area contributed by atoms with Gasteiger partial charge < -0.3 is 15.2 Å². The highest BCUT2D eigenvalue weighted by Crippen LogP contribution is 2.57. The second-order valence-electron chi connectivity index (χ2n) is 11.3. The molecule has 5 rings (SSSR count). The van der Waals surface area contributed by atoms with Crippen molar-refractivity contribution in [3.8, 4) is 0 Å². The maximum Gasteiger partial charge on any atom is 0.412 e. The third kappa shape index (κ3) is 4.91. The second kappa shape index (κ2) is 9.14. The average molecular weight is 540 g/mol. The van der Waals surface area contributed by atoms with Crippen molar-refractivity contribution in [3.63, 3.8) is 0 Å². The van der Waals surface area contributed by atoms with Crippen LogP contribution in [0, 0.1) is 5.92 Å². The molecule has 0 saturated heterocycles. The molecule has 1 amide bonds. The first kappa shape index (κ1) is 26.3. The summed E-state index contributed by atoms with van der Waals surface area (Å²) in [6, 6.07) is 11.8. The summed E-state index contributed by atoms with van der Waals surface area (Å²) in [5, 5.41) is 16.8. The number of rotatable bonds is 5. The van der Waals surface area contributed by atoms with Crippen LogP contribution in [0.5, 0.6) is 0 Å². The highest BCUT2D eigenvalue weighted by Gasteiger charge is 2.47. The third-order valence-electron chi connectivity index (χ3n) is 7.12. The van der Waals surface area contributed by atoms with Crippen LogP contribution in [-0.2, 0) is 14.9 Å². The average Bonchev–Trinajstić information content (AvgIpc) is 3.65. The lowest BCUT2D eigenvalue weighted by Gasteiger charge is -2.39. The summed E-state index contributed by atoms with van der Waals surface area (Å²) in [4.78, 5) is 26.2. The van der Waals surface area contributed by atoms with Crippen molar-refractivity contribution in [2.24, 2.45) is 10.3 Å². The van der Waals surface area contributed by atoms with Gasteiger partial charge in [-0.25, -0.2) is 4.79 Å². The van der Waals surface area contributed by atoms with E-state index in [1.54, 1.807) is 45.0 Å². The summed E-state index contributed by atoms with van der Waals surface area (Å²) in [5.41, 5.74) is 0.221. The number of hydrogen-bond donors (Lipinski definition) is 5. The molecule has 0 spiro atoms. The van der Waals surface area contributed by atoms with E-state index in [9.17, 15) is 23.8 Å².